The summed E-state index contributed by atoms with van der Waals surface area (Å²) in [6, 6.07) is 25.9. The van der Waals surface area contributed by atoms with Gasteiger partial charge in [-0.2, -0.15) is 0 Å². The largest absolute Gasteiger partial charge is 0.494 e. The van der Waals surface area contributed by atoms with E-state index in [1.807, 2.05) is 12.1 Å². The molecule has 0 aromatic heterocycles. The van der Waals surface area contributed by atoms with Gasteiger partial charge in [-0.25, -0.2) is 0 Å². The first kappa shape index (κ1) is 26.2. The zero-order chi connectivity index (χ0) is 25.4. The smallest absolute Gasteiger partial charge is 0.119 e. The van der Waals surface area contributed by atoms with Crippen molar-refractivity contribution >= 4 is 0 Å². The van der Waals surface area contributed by atoms with E-state index in [0.29, 0.717) is 25.4 Å². The Hall–Kier alpha value is -2.82. The quantitative estimate of drug-likeness (QED) is 0.281. The van der Waals surface area contributed by atoms with Crippen LogP contribution in [0, 0.1) is 0 Å². The van der Waals surface area contributed by atoms with Crippen LogP contribution in [0.4, 0.5) is 0 Å². The average Bonchev–Trinajstić information content (AvgIpc) is 2.89. The summed E-state index contributed by atoms with van der Waals surface area (Å²) < 4.78 is 11.9. The summed E-state index contributed by atoms with van der Waals surface area (Å²) >= 11 is 0. The lowest BCUT2D eigenvalue weighted by Crippen LogP contribution is -2.28. The summed E-state index contributed by atoms with van der Waals surface area (Å²) in [6.07, 6.45) is 5.17. The van der Waals surface area contributed by atoms with Crippen LogP contribution in [0.1, 0.15) is 80.0 Å². The maximum Gasteiger partial charge on any atom is 0.119 e. The summed E-state index contributed by atoms with van der Waals surface area (Å²) in [5.74, 6) is 2.44. The summed E-state index contributed by atoms with van der Waals surface area (Å²) in [7, 11) is 0. The predicted molar refractivity (Wildman–Crippen MR) is 145 cm³/mol. The molecule has 0 aliphatic heterocycles. The molecule has 1 aliphatic rings. The van der Waals surface area contributed by atoms with E-state index in [4.69, 9.17) is 14.6 Å². The van der Waals surface area contributed by atoms with Crippen LogP contribution in [0.3, 0.4) is 0 Å². The molecule has 0 bridgehead atoms. The molecule has 3 atom stereocenters. The number of aliphatic hydroxyl groups excluding tert-OH is 1. The van der Waals surface area contributed by atoms with Gasteiger partial charge in [-0.15, -0.1) is 0 Å². The number of ether oxygens (including phenoxy) is 2. The molecule has 3 aromatic carbocycles. The third kappa shape index (κ3) is 6.68. The highest BCUT2D eigenvalue weighted by molar-refractivity contribution is 5.48. The number of fused-ring (bicyclic) bond motifs is 1. The Morgan fingerprint density at radius 2 is 1.58 bits per heavy atom. The highest BCUT2D eigenvalue weighted by atomic mass is 16.5. The van der Waals surface area contributed by atoms with E-state index >= 15 is 0 Å². The Balaban J connectivity index is 1.56. The first-order chi connectivity index (χ1) is 17.5. The van der Waals surface area contributed by atoms with Crippen LogP contribution >= 0.6 is 0 Å². The van der Waals surface area contributed by atoms with E-state index in [1.165, 1.54) is 22.3 Å². The number of hydrogen-bond donors (Lipinski definition) is 2. The number of aliphatic hydroxyl groups is 2. The second kappa shape index (κ2) is 12.4. The number of unbranched alkanes of at least 4 members (excludes halogenated alkanes) is 1. The fourth-order valence-electron chi connectivity index (χ4n) is 5.22. The minimum atomic E-state index is -0.914. The van der Waals surface area contributed by atoms with Gasteiger partial charge < -0.3 is 19.7 Å². The number of hydrogen-bond acceptors (Lipinski definition) is 4. The Morgan fingerprint density at radius 1 is 0.861 bits per heavy atom. The minimum absolute atomic E-state index is 0.0283. The minimum Gasteiger partial charge on any atom is -0.494 e. The highest BCUT2D eigenvalue weighted by Gasteiger charge is 2.32. The summed E-state index contributed by atoms with van der Waals surface area (Å²) in [5, 5.41) is 19.4. The molecule has 0 radical (unpaired) electrons. The molecule has 0 saturated carbocycles. The van der Waals surface area contributed by atoms with Gasteiger partial charge in [-0.05, 0) is 85.0 Å². The maximum atomic E-state index is 10.3. The van der Waals surface area contributed by atoms with Crippen molar-refractivity contribution in [1.29, 1.82) is 0 Å². The normalized spacial score (nSPS) is 18.8. The van der Waals surface area contributed by atoms with Crippen molar-refractivity contribution in [2.75, 3.05) is 19.8 Å². The first-order valence-electron chi connectivity index (χ1n) is 13.4. The molecule has 4 heteroatoms. The van der Waals surface area contributed by atoms with Crippen molar-refractivity contribution in [3.05, 3.63) is 95.1 Å². The SMILES string of the molecule is CCCCOc1ccc2c(c1)CC[C@H](c1ccccc1)[C@@H]2c1ccc(OCCC(C)(O)CCO)cc1. The van der Waals surface area contributed by atoms with Gasteiger partial charge in [0, 0.05) is 18.9 Å². The Morgan fingerprint density at radius 3 is 2.31 bits per heavy atom. The second-order valence-corrected chi connectivity index (χ2v) is 10.2. The molecule has 4 nitrogen and oxygen atoms in total. The van der Waals surface area contributed by atoms with E-state index in [9.17, 15) is 5.11 Å². The molecule has 0 fully saturated rings. The van der Waals surface area contributed by atoms with Crippen molar-refractivity contribution in [3.63, 3.8) is 0 Å². The molecule has 4 rings (SSSR count). The van der Waals surface area contributed by atoms with Crippen molar-refractivity contribution in [1.82, 2.24) is 0 Å². The Kier molecular flexibility index (Phi) is 9.06. The number of benzene rings is 3. The molecule has 1 aliphatic carbocycles. The van der Waals surface area contributed by atoms with Gasteiger partial charge in [0.1, 0.15) is 11.5 Å². The monoisotopic (exact) mass is 488 g/mol. The van der Waals surface area contributed by atoms with E-state index in [0.717, 1.165) is 43.8 Å². The number of aryl methyl sites for hydroxylation is 1. The lowest BCUT2D eigenvalue weighted by molar-refractivity contribution is 0.0144. The first-order valence-corrected chi connectivity index (χ1v) is 13.4. The summed E-state index contributed by atoms with van der Waals surface area (Å²) in [6.45, 7) is 5.07. The lowest BCUT2D eigenvalue weighted by Gasteiger charge is -2.35. The number of rotatable bonds is 12. The third-order valence-electron chi connectivity index (χ3n) is 7.37. The van der Waals surface area contributed by atoms with Crippen molar-refractivity contribution in [2.24, 2.45) is 0 Å². The average molecular weight is 489 g/mol. The van der Waals surface area contributed by atoms with Gasteiger partial charge in [0.2, 0.25) is 0 Å². The van der Waals surface area contributed by atoms with Crippen molar-refractivity contribution < 1.29 is 19.7 Å². The topological polar surface area (TPSA) is 58.9 Å². The maximum absolute atomic E-state index is 10.3. The third-order valence-corrected chi connectivity index (χ3v) is 7.37. The second-order valence-electron chi connectivity index (χ2n) is 10.2. The zero-order valence-corrected chi connectivity index (χ0v) is 21.7. The van der Waals surface area contributed by atoms with Gasteiger partial charge in [0.15, 0.2) is 0 Å². The fourth-order valence-corrected chi connectivity index (χ4v) is 5.22. The molecule has 0 heterocycles. The molecule has 3 aromatic rings. The van der Waals surface area contributed by atoms with Crippen LogP contribution in [0.25, 0.3) is 0 Å². The summed E-state index contributed by atoms with van der Waals surface area (Å²) in [5.41, 5.74) is 4.51. The highest BCUT2D eigenvalue weighted by Crippen LogP contribution is 2.47. The van der Waals surface area contributed by atoms with E-state index < -0.39 is 5.60 Å². The van der Waals surface area contributed by atoms with Gasteiger partial charge in [0.05, 0.1) is 18.8 Å². The molecule has 2 N–H and O–H groups in total. The van der Waals surface area contributed by atoms with Crippen molar-refractivity contribution in [3.8, 4) is 11.5 Å². The van der Waals surface area contributed by atoms with Crippen LogP contribution in [0.2, 0.25) is 0 Å². The molecular formula is C32H40O4. The molecule has 1 unspecified atom stereocenters. The van der Waals surface area contributed by atoms with Gasteiger partial charge in [0.25, 0.3) is 0 Å². The Labute approximate surface area is 215 Å². The van der Waals surface area contributed by atoms with Crippen LogP contribution < -0.4 is 9.47 Å². The molecule has 36 heavy (non-hydrogen) atoms. The van der Waals surface area contributed by atoms with E-state index in [1.54, 1.807) is 6.92 Å². The predicted octanol–water partition coefficient (Wildman–Crippen LogP) is 6.63. The van der Waals surface area contributed by atoms with Crippen LogP contribution in [0.15, 0.2) is 72.8 Å². The fraction of sp³-hybridized carbons (Fsp3) is 0.438. The lowest BCUT2D eigenvalue weighted by atomic mass is 9.69. The molecule has 0 amide bonds. The van der Waals surface area contributed by atoms with Crippen LogP contribution in [-0.2, 0) is 6.42 Å². The molecule has 0 saturated heterocycles. The Bertz CT molecular complexity index is 1080. The van der Waals surface area contributed by atoms with Gasteiger partial charge >= 0.3 is 0 Å². The standard InChI is InChI=1S/C32H40O4/c1-3-4-21-35-28-15-17-30-26(23-28)12-16-29(24-8-6-5-7-9-24)31(30)25-10-13-27(14-11-25)36-22-19-32(2,34)18-20-33/h5-11,13-15,17,23,29,31,33-34H,3-4,12,16,18-22H2,1-2H3/t29-,31+,32?/m1/s1. The molecule has 0 spiro atoms. The van der Waals surface area contributed by atoms with Gasteiger partial charge in [-0.3, -0.25) is 0 Å². The molecule has 192 valence electrons. The van der Waals surface area contributed by atoms with Crippen molar-refractivity contribution in [2.45, 2.75) is 69.8 Å². The molecular weight excluding hydrogens is 448 g/mol. The van der Waals surface area contributed by atoms with Crippen LogP contribution in [-0.4, -0.2) is 35.6 Å². The van der Waals surface area contributed by atoms with E-state index in [-0.39, 0.29) is 12.5 Å². The summed E-state index contributed by atoms with van der Waals surface area (Å²) in [4.78, 5) is 0. The van der Waals surface area contributed by atoms with E-state index in [2.05, 4.69) is 67.6 Å². The van der Waals surface area contributed by atoms with Gasteiger partial charge in [-0.1, -0.05) is 61.9 Å². The van der Waals surface area contributed by atoms with Crippen LogP contribution in [0.5, 0.6) is 11.5 Å². The zero-order valence-electron chi connectivity index (χ0n) is 21.7.